The predicted molar refractivity (Wildman–Crippen MR) is 393 cm³/mol. The molecular weight excluding hydrogens is 1330 g/mol. The Morgan fingerprint density at radius 1 is 0.340 bits per heavy atom. The third-order valence-corrected chi connectivity index (χ3v) is 21.7. The topological polar surface area (TPSA) is 0 Å². The second kappa shape index (κ2) is 33.4. The van der Waals surface area contributed by atoms with Gasteiger partial charge in [0.1, 0.15) is 0 Å². The Labute approximate surface area is 613 Å². The molecule has 488 valence electrons. The first-order valence-electron chi connectivity index (χ1n) is 33.3. The molecule has 94 heavy (non-hydrogen) atoms. The molecule has 0 saturated heterocycles. The van der Waals surface area contributed by atoms with Crippen molar-refractivity contribution < 1.29 is 73.3 Å². The minimum Gasteiger partial charge on any atom is -1.00 e. The van der Waals surface area contributed by atoms with Gasteiger partial charge in [-0.3, -0.25) is 12.2 Å². The quantitative estimate of drug-likeness (QED) is 0.154. The molecule has 0 bridgehead atoms. The third kappa shape index (κ3) is 20.9. The smallest absolute Gasteiger partial charge is 1.00 e. The Morgan fingerprint density at radius 3 is 0.787 bits per heavy atom. The first-order chi connectivity index (χ1) is 42.9. The summed E-state index contributed by atoms with van der Waals surface area (Å²) in [5.74, 6) is 1.12. The first kappa shape index (κ1) is 79.5. The Balaban J connectivity index is 0.000000209. The average Bonchev–Trinajstić information content (AvgIpc) is 1.61. The summed E-state index contributed by atoms with van der Waals surface area (Å²) in [4.78, 5) is 0. The predicted octanol–water partition coefficient (Wildman–Crippen LogP) is 17.6. The maximum absolute atomic E-state index is 3.53. The molecule has 0 heterocycles. The van der Waals surface area contributed by atoms with E-state index in [-0.39, 0.29) is 46.5 Å². The molecule has 8 aromatic rings. The molecule has 0 amide bonds. The van der Waals surface area contributed by atoms with Crippen LogP contribution in [0, 0.1) is 63.8 Å². The molecule has 0 fully saturated rings. The van der Waals surface area contributed by atoms with Gasteiger partial charge in [-0.25, -0.2) is 11.1 Å². The maximum Gasteiger partial charge on any atom is -1.00 e. The van der Waals surface area contributed by atoms with E-state index in [1.807, 2.05) is 0 Å². The van der Waals surface area contributed by atoms with E-state index in [4.69, 9.17) is 0 Å². The second-order valence-electron chi connectivity index (χ2n) is 30.5. The number of aryl methyl sites for hydroxylation is 4. The molecule has 4 aliphatic carbocycles. The number of fused-ring (bicyclic) bond motifs is 6. The van der Waals surface area contributed by atoms with Gasteiger partial charge in [0.15, 0.2) is 0 Å². The number of benzene rings is 8. The molecule has 0 aliphatic heterocycles. The number of hydrogen-bond donors (Lipinski definition) is 0. The van der Waals surface area contributed by atoms with Crippen molar-refractivity contribution in [1.29, 1.82) is 0 Å². The minimum absolute atomic E-state index is 0. The van der Waals surface area contributed by atoms with E-state index in [9.17, 15) is 0 Å². The van der Waals surface area contributed by atoms with Crippen molar-refractivity contribution in [2.75, 3.05) is 0 Å². The average molecular weight is 1440 g/mol. The number of halogens is 2. The normalized spacial score (nSPS) is 14.9. The molecule has 0 aromatic heterocycles. The largest absolute Gasteiger partial charge is 1.00 e. The van der Waals surface area contributed by atoms with Gasteiger partial charge in [-0.2, -0.15) is 80.9 Å². The standard InChI is InChI=1S/2C21H25.2C15H14.2C9H13.2ClH.2Zr/c2*1-20(2,3)16-9-7-14-11-15-8-10-17(21(4,5)6)13-19(15)18(14)12-16;2*1-12-3-7-14(8-4-12)11-15-9-5-13(2)6-10-15;2*1-6-5-7(2)9(4)8(6)3;;;;/h2*7,9-10,12-13H,11H2,1-6H3;2*3-10H,1-2H3;2*6H,1-4H3;2*1H;;/q2*-1;;;2*-1;;;2*+2/p-2. The molecular formula is C90H104Cl2Zr2-2. The van der Waals surface area contributed by atoms with Crippen molar-refractivity contribution in [2.24, 2.45) is 11.8 Å². The van der Waals surface area contributed by atoms with Crippen LogP contribution in [0.1, 0.15) is 227 Å². The van der Waals surface area contributed by atoms with Crippen molar-refractivity contribution in [2.45, 2.75) is 201 Å². The third-order valence-electron chi connectivity index (χ3n) is 18.9. The van der Waals surface area contributed by atoms with Crippen molar-refractivity contribution >= 4 is 6.41 Å². The Morgan fingerprint density at radius 2 is 0.585 bits per heavy atom. The van der Waals surface area contributed by atoms with Gasteiger partial charge in [-0.15, -0.1) is 25.0 Å². The summed E-state index contributed by atoms with van der Waals surface area (Å²) in [7, 11) is 0. The van der Waals surface area contributed by atoms with E-state index in [1.165, 1.54) is 200 Å². The molecule has 2 atom stereocenters. The summed E-state index contributed by atoms with van der Waals surface area (Å²) in [6, 6.07) is 65.2. The number of rotatable bonds is 4. The molecule has 8 aromatic carbocycles. The molecule has 0 N–H and O–H groups in total. The van der Waals surface area contributed by atoms with Crippen LogP contribution in [0.3, 0.4) is 0 Å². The van der Waals surface area contributed by atoms with E-state index in [0.717, 1.165) is 12.8 Å². The fourth-order valence-corrected chi connectivity index (χ4v) is 13.1. The van der Waals surface area contributed by atoms with Gasteiger partial charge in [-0.1, -0.05) is 206 Å². The zero-order valence-electron chi connectivity index (χ0n) is 61.3. The molecule has 0 spiro atoms. The van der Waals surface area contributed by atoms with Gasteiger partial charge < -0.3 is 24.8 Å². The molecule has 0 radical (unpaired) electrons. The fraction of sp³-hybridized carbons (Fsp3) is 0.356. The molecule has 4 heteroatoms. The van der Waals surface area contributed by atoms with E-state index >= 15 is 0 Å². The van der Waals surface area contributed by atoms with Crippen LogP contribution in [-0.4, -0.2) is 6.41 Å². The van der Waals surface area contributed by atoms with Crippen LogP contribution >= 0.6 is 0 Å². The summed E-state index contributed by atoms with van der Waals surface area (Å²) < 4.78 is 2.85. The summed E-state index contributed by atoms with van der Waals surface area (Å²) in [5.41, 5.74) is 36.6. The summed E-state index contributed by atoms with van der Waals surface area (Å²) in [6.07, 6.45) is 8.77. The number of allylic oxidation sites excluding steroid dienone is 8. The van der Waals surface area contributed by atoms with E-state index < -0.39 is 0 Å². The SMILES string of the molecule is CC(C)(C)c1c[c-]c2c(c1)-c1cc(C(C)(C)C)ccc1C2.CC(C)(C)c1c[c-]c2c(c1)-c1cc(C(C)(C)C)ccc1C2.CC1=[C-]C(C)C(C)=C1C.CC1=[C-]C(C)C(C)=C1C.Cc1ccc([C](=[Zr+2])c2ccc(C)cc2)cc1.Cc1ccc([C](=[Zr+2])c2ccc(C)cc2)cc1.[Cl-].[Cl-]. The zero-order valence-corrected chi connectivity index (χ0v) is 67.8. The monoisotopic (exact) mass is 1430 g/mol. The van der Waals surface area contributed by atoms with Crippen LogP contribution < -0.4 is 24.8 Å². The Hall–Kier alpha value is -5.19. The summed E-state index contributed by atoms with van der Waals surface area (Å²) in [6.45, 7) is 53.1. The van der Waals surface area contributed by atoms with Crippen molar-refractivity contribution in [3.05, 3.63) is 304 Å². The first-order valence-corrected chi connectivity index (χ1v) is 35.8. The maximum atomic E-state index is 3.53. The summed E-state index contributed by atoms with van der Waals surface area (Å²) >= 11 is 2.93. The molecule has 0 saturated carbocycles. The Bertz CT molecular complexity index is 3590. The van der Waals surface area contributed by atoms with Crippen molar-refractivity contribution in [3.63, 3.8) is 0 Å². The van der Waals surface area contributed by atoms with Crippen LogP contribution in [0.2, 0.25) is 0 Å². The minimum atomic E-state index is 0. The van der Waals surface area contributed by atoms with Gasteiger partial charge >= 0.3 is 224 Å². The molecule has 2 unspecified atom stereocenters. The second-order valence-corrected chi connectivity index (χ2v) is 32.9. The number of hydrogen-bond acceptors (Lipinski definition) is 0. The van der Waals surface area contributed by atoms with E-state index in [0.29, 0.717) is 11.8 Å². The van der Waals surface area contributed by atoms with Crippen molar-refractivity contribution in [1.82, 2.24) is 0 Å². The summed E-state index contributed by atoms with van der Waals surface area (Å²) in [5, 5.41) is 0. The van der Waals surface area contributed by atoms with Crippen LogP contribution in [-0.2, 0) is 83.0 Å². The van der Waals surface area contributed by atoms with Gasteiger partial charge in [0.05, 0.1) is 0 Å². The molecule has 4 aliphatic rings. The van der Waals surface area contributed by atoms with Gasteiger partial charge in [-0.05, 0) is 34.8 Å². The zero-order chi connectivity index (χ0) is 67.9. The van der Waals surface area contributed by atoms with Gasteiger partial charge in [0.2, 0.25) is 0 Å². The molecule has 0 nitrogen and oxygen atoms in total. The van der Waals surface area contributed by atoms with Crippen LogP contribution in [0.15, 0.2) is 191 Å². The van der Waals surface area contributed by atoms with Crippen LogP contribution in [0.25, 0.3) is 22.3 Å². The molecule has 12 rings (SSSR count). The van der Waals surface area contributed by atoms with Crippen LogP contribution in [0.4, 0.5) is 0 Å². The van der Waals surface area contributed by atoms with Crippen molar-refractivity contribution in [3.8, 4) is 22.3 Å². The van der Waals surface area contributed by atoms with Crippen LogP contribution in [0.5, 0.6) is 0 Å². The van der Waals surface area contributed by atoms with E-state index in [1.54, 1.807) is 0 Å². The van der Waals surface area contributed by atoms with Gasteiger partial charge in [0, 0.05) is 0 Å². The fourth-order valence-electron chi connectivity index (χ4n) is 11.5. The van der Waals surface area contributed by atoms with Gasteiger partial charge in [0.25, 0.3) is 0 Å². The van der Waals surface area contributed by atoms with E-state index in [2.05, 4.69) is 348 Å². The Kier molecular flexibility index (Phi) is 28.2.